The van der Waals surface area contributed by atoms with Crippen molar-refractivity contribution in [1.82, 2.24) is 5.32 Å². The van der Waals surface area contributed by atoms with Crippen LogP contribution >= 0.6 is 0 Å². The standard InChI is InChI=1S/C14H15F2NO3/c1-7(5-12(18)19)17-14(20)9-6-8(9)13-10(15)3-2-4-11(13)16/h2-4,7-9H,5-6H2,1H3,(H,17,20)(H,18,19). The van der Waals surface area contributed by atoms with Crippen LogP contribution < -0.4 is 5.32 Å². The number of halogens is 2. The van der Waals surface area contributed by atoms with Crippen molar-refractivity contribution >= 4 is 11.9 Å². The predicted molar refractivity (Wildman–Crippen MR) is 67.1 cm³/mol. The summed E-state index contributed by atoms with van der Waals surface area (Å²) in [5.74, 6) is -3.62. The van der Waals surface area contributed by atoms with Crippen LogP contribution in [0.25, 0.3) is 0 Å². The second-order valence-electron chi connectivity index (χ2n) is 5.09. The van der Waals surface area contributed by atoms with Crippen molar-refractivity contribution in [2.24, 2.45) is 5.92 Å². The quantitative estimate of drug-likeness (QED) is 0.869. The molecule has 0 saturated heterocycles. The molecule has 108 valence electrons. The van der Waals surface area contributed by atoms with Crippen molar-refractivity contribution < 1.29 is 23.5 Å². The summed E-state index contributed by atoms with van der Waals surface area (Å²) in [4.78, 5) is 22.4. The zero-order valence-corrected chi connectivity index (χ0v) is 10.9. The summed E-state index contributed by atoms with van der Waals surface area (Å²) < 4.78 is 27.1. The average molecular weight is 283 g/mol. The molecule has 1 amide bonds. The van der Waals surface area contributed by atoms with Crippen molar-refractivity contribution in [1.29, 1.82) is 0 Å². The maximum atomic E-state index is 13.6. The van der Waals surface area contributed by atoms with Crippen LogP contribution in [0.1, 0.15) is 31.2 Å². The third-order valence-corrected chi connectivity index (χ3v) is 3.37. The van der Waals surface area contributed by atoms with Gasteiger partial charge in [0.25, 0.3) is 0 Å². The number of nitrogens with one attached hydrogen (secondary N) is 1. The number of hydrogen-bond acceptors (Lipinski definition) is 2. The second kappa shape index (κ2) is 5.56. The highest BCUT2D eigenvalue weighted by Gasteiger charge is 2.46. The number of aliphatic carboxylic acids is 1. The SMILES string of the molecule is CC(CC(=O)O)NC(=O)C1CC1c1c(F)cccc1F. The van der Waals surface area contributed by atoms with Crippen LogP contribution in [0, 0.1) is 17.6 Å². The third kappa shape index (κ3) is 3.12. The predicted octanol–water partition coefficient (Wildman–Crippen LogP) is 2.05. The molecule has 3 atom stereocenters. The summed E-state index contributed by atoms with van der Waals surface area (Å²) in [6, 6.07) is 3.10. The molecule has 0 spiro atoms. The van der Waals surface area contributed by atoms with E-state index in [0.29, 0.717) is 6.42 Å². The molecule has 0 heterocycles. The summed E-state index contributed by atoms with van der Waals surface area (Å²) in [6.45, 7) is 1.58. The van der Waals surface area contributed by atoms with Crippen LogP contribution in [-0.2, 0) is 9.59 Å². The van der Waals surface area contributed by atoms with Gasteiger partial charge >= 0.3 is 5.97 Å². The van der Waals surface area contributed by atoms with Crippen LogP contribution in [0.15, 0.2) is 18.2 Å². The van der Waals surface area contributed by atoms with Crippen LogP contribution in [0.3, 0.4) is 0 Å². The van der Waals surface area contributed by atoms with Gasteiger partial charge in [-0.15, -0.1) is 0 Å². The van der Waals surface area contributed by atoms with Crippen LogP contribution in [-0.4, -0.2) is 23.0 Å². The van der Waals surface area contributed by atoms with Gasteiger partial charge in [-0.05, 0) is 25.5 Å². The zero-order chi connectivity index (χ0) is 14.9. The molecule has 1 aromatic carbocycles. The number of carbonyl (C=O) groups excluding carboxylic acids is 1. The molecule has 1 aliphatic rings. The monoisotopic (exact) mass is 283 g/mol. The number of carboxylic acids is 1. The van der Waals surface area contributed by atoms with E-state index in [-0.39, 0.29) is 17.9 Å². The van der Waals surface area contributed by atoms with E-state index in [0.717, 1.165) is 0 Å². The average Bonchev–Trinajstić information content (AvgIpc) is 3.07. The summed E-state index contributed by atoms with van der Waals surface area (Å²) >= 11 is 0. The van der Waals surface area contributed by atoms with Gasteiger partial charge in [0.05, 0.1) is 6.42 Å². The Bertz CT molecular complexity index is 527. The summed E-state index contributed by atoms with van der Waals surface area (Å²) in [6.07, 6.45) is 0.195. The van der Waals surface area contributed by atoms with E-state index in [1.165, 1.54) is 18.2 Å². The molecule has 0 aliphatic heterocycles. The molecule has 1 aliphatic carbocycles. The van der Waals surface area contributed by atoms with Gasteiger partial charge in [0.2, 0.25) is 5.91 Å². The molecule has 2 N–H and O–H groups in total. The molecule has 1 aromatic rings. The third-order valence-electron chi connectivity index (χ3n) is 3.37. The fraction of sp³-hybridized carbons (Fsp3) is 0.429. The number of hydrogen-bond donors (Lipinski definition) is 2. The molecule has 0 bridgehead atoms. The van der Waals surface area contributed by atoms with Gasteiger partial charge < -0.3 is 10.4 Å². The lowest BCUT2D eigenvalue weighted by Crippen LogP contribution is -2.35. The first-order chi connectivity index (χ1) is 9.40. The van der Waals surface area contributed by atoms with Gasteiger partial charge in [-0.2, -0.15) is 0 Å². The molecule has 1 saturated carbocycles. The second-order valence-corrected chi connectivity index (χ2v) is 5.09. The van der Waals surface area contributed by atoms with Crippen LogP contribution in [0.5, 0.6) is 0 Å². The van der Waals surface area contributed by atoms with Crippen LogP contribution in [0.4, 0.5) is 8.78 Å². The lowest BCUT2D eigenvalue weighted by atomic mass is 10.1. The van der Waals surface area contributed by atoms with Crippen molar-refractivity contribution in [2.75, 3.05) is 0 Å². The molecule has 1 fully saturated rings. The van der Waals surface area contributed by atoms with Gasteiger partial charge in [0.1, 0.15) is 11.6 Å². The number of benzene rings is 1. The van der Waals surface area contributed by atoms with Crippen molar-refractivity contribution in [3.8, 4) is 0 Å². The van der Waals surface area contributed by atoms with Gasteiger partial charge in [0.15, 0.2) is 0 Å². The Hall–Kier alpha value is -1.98. The van der Waals surface area contributed by atoms with Gasteiger partial charge in [-0.3, -0.25) is 9.59 Å². The summed E-state index contributed by atoms with van der Waals surface area (Å²) in [5.41, 5.74) is -0.0569. The maximum absolute atomic E-state index is 13.6. The number of rotatable bonds is 5. The smallest absolute Gasteiger partial charge is 0.305 e. The fourth-order valence-electron chi connectivity index (χ4n) is 2.33. The lowest BCUT2D eigenvalue weighted by Gasteiger charge is -2.11. The van der Waals surface area contributed by atoms with E-state index in [1.54, 1.807) is 6.92 Å². The Balaban J connectivity index is 1.98. The Morgan fingerprint density at radius 3 is 2.55 bits per heavy atom. The van der Waals surface area contributed by atoms with Crippen molar-refractivity contribution in [3.05, 3.63) is 35.4 Å². The van der Waals surface area contributed by atoms with E-state index in [2.05, 4.69) is 5.32 Å². The molecule has 4 nitrogen and oxygen atoms in total. The minimum atomic E-state index is -1.01. The molecular weight excluding hydrogens is 268 g/mol. The highest BCUT2D eigenvalue weighted by molar-refractivity contribution is 5.83. The molecule has 0 radical (unpaired) electrons. The zero-order valence-electron chi connectivity index (χ0n) is 10.9. The number of carbonyl (C=O) groups is 2. The molecule has 2 rings (SSSR count). The van der Waals surface area contributed by atoms with E-state index >= 15 is 0 Å². The highest BCUT2D eigenvalue weighted by atomic mass is 19.1. The van der Waals surface area contributed by atoms with Crippen molar-refractivity contribution in [2.45, 2.75) is 31.7 Å². The van der Waals surface area contributed by atoms with E-state index < -0.39 is 35.5 Å². The summed E-state index contributed by atoms with van der Waals surface area (Å²) in [5, 5.41) is 11.2. The Morgan fingerprint density at radius 2 is 2.00 bits per heavy atom. The number of amides is 1. The first-order valence-electron chi connectivity index (χ1n) is 6.36. The van der Waals surface area contributed by atoms with Gasteiger partial charge in [-0.1, -0.05) is 6.07 Å². The van der Waals surface area contributed by atoms with Gasteiger partial charge in [0, 0.05) is 23.4 Å². The van der Waals surface area contributed by atoms with E-state index in [9.17, 15) is 18.4 Å². The largest absolute Gasteiger partial charge is 0.481 e. The van der Waals surface area contributed by atoms with Gasteiger partial charge in [-0.25, -0.2) is 8.78 Å². The fourth-order valence-corrected chi connectivity index (χ4v) is 2.33. The number of carboxylic acid groups (broad SMARTS) is 1. The molecule has 6 heteroatoms. The minimum absolute atomic E-state index is 0.0569. The van der Waals surface area contributed by atoms with E-state index in [4.69, 9.17) is 5.11 Å². The molecule has 0 aromatic heterocycles. The Labute approximate surface area is 114 Å². The first kappa shape index (κ1) is 14.4. The maximum Gasteiger partial charge on any atom is 0.305 e. The Morgan fingerprint density at radius 1 is 1.40 bits per heavy atom. The van der Waals surface area contributed by atoms with E-state index in [1.807, 2.05) is 0 Å². The first-order valence-corrected chi connectivity index (χ1v) is 6.36. The topological polar surface area (TPSA) is 66.4 Å². The Kier molecular flexibility index (Phi) is 4.01. The summed E-state index contributed by atoms with van der Waals surface area (Å²) in [7, 11) is 0. The normalized spacial score (nSPS) is 22.1. The van der Waals surface area contributed by atoms with Crippen molar-refractivity contribution in [3.63, 3.8) is 0 Å². The highest BCUT2D eigenvalue weighted by Crippen LogP contribution is 2.49. The molecule has 3 unspecified atom stereocenters. The molecular formula is C14H15F2NO3. The van der Waals surface area contributed by atoms with Crippen LogP contribution in [0.2, 0.25) is 0 Å². The lowest BCUT2D eigenvalue weighted by molar-refractivity contribution is -0.137. The molecule has 20 heavy (non-hydrogen) atoms. The minimum Gasteiger partial charge on any atom is -0.481 e.